The Bertz CT molecular complexity index is 843. The smallest absolute Gasteiger partial charge is 0.272 e. The van der Waals surface area contributed by atoms with E-state index in [0.717, 1.165) is 17.0 Å². The van der Waals surface area contributed by atoms with Crippen LogP contribution in [0.1, 0.15) is 40.4 Å². The second-order valence-electron chi connectivity index (χ2n) is 6.14. The molecule has 0 N–H and O–H groups in total. The van der Waals surface area contributed by atoms with Crippen LogP contribution in [0.25, 0.3) is 0 Å². The average Bonchev–Trinajstić information content (AvgIpc) is 2.98. The number of carbonyl (C=O) groups is 1. The summed E-state index contributed by atoms with van der Waals surface area (Å²) in [5.74, 6) is -0.0508. The van der Waals surface area contributed by atoms with Crippen molar-refractivity contribution in [3.8, 4) is 0 Å². The second kappa shape index (κ2) is 7.30. The summed E-state index contributed by atoms with van der Waals surface area (Å²) >= 11 is 0. The molecule has 0 saturated carbocycles. The molecular formula is C20H22N4O. The van der Waals surface area contributed by atoms with Gasteiger partial charge in [-0.3, -0.25) is 14.5 Å². The van der Waals surface area contributed by atoms with Gasteiger partial charge < -0.3 is 4.90 Å². The van der Waals surface area contributed by atoms with Gasteiger partial charge in [-0.05, 0) is 37.6 Å². The van der Waals surface area contributed by atoms with Gasteiger partial charge in [0.05, 0.1) is 24.0 Å². The Morgan fingerprint density at radius 2 is 1.88 bits per heavy atom. The molecule has 0 radical (unpaired) electrons. The molecule has 5 nitrogen and oxygen atoms in total. The number of aromatic nitrogens is 3. The first-order valence-electron chi connectivity index (χ1n) is 8.32. The molecule has 0 fully saturated rings. The minimum Gasteiger partial charge on any atom is -0.325 e. The van der Waals surface area contributed by atoms with Crippen LogP contribution in [0.5, 0.6) is 0 Å². The molecule has 0 bridgehead atoms. The number of amides is 1. The Kier molecular flexibility index (Phi) is 4.93. The predicted octanol–water partition coefficient (Wildman–Crippen LogP) is 3.53. The monoisotopic (exact) mass is 334 g/mol. The number of pyridine rings is 1. The van der Waals surface area contributed by atoms with Crippen molar-refractivity contribution in [2.24, 2.45) is 7.05 Å². The van der Waals surface area contributed by atoms with Crippen molar-refractivity contribution in [3.63, 3.8) is 0 Å². The highest BCUT2D eigenvalue weighted by Gasteiger charge is 2.25. The molecule has 0 aliphatic heterocycles. The van der Waals surface area contributed by atoms with Crippen molar-refractivity contribution in [3.05, 3.63) is 83.4 Å². The molecule has 0 unspecified atom stereocenters. The van der Waals surface area contributed by atoms with Gasteiger partial charge in [-0.25, -0.2) is 0 Å². The van der Waals surface area contributed by atoms with Crippen molar-refractivity contribution < 1.29 is 4.79 Å². The molecular weight excluding hydrogens is 312 g/mol. The minimum absolute atomic E-state index is 0.0508. The maximum atomic E-state index is 13.2. The van der Waals surface area contributed by atoms with Crippen molar-refractivity contribution in [2.45, 2.75) is 26.4 Å². The summed E-state index contributed by atoms with van der Waals surface area (Å²) in [5.41, 5.74) is 3.36. The van der Waals surface area contributed by atoms with Crippen LogP contribution < -0.4 is 0 Å². The summed E-state index contributed by atoms with van der Waals surface area (Å²) in [4.78, 5) is 19.5. The van der Waals surface area contributed by atoms with Crippen LogP contribution in [-0.4, -0.2) is 25.6 Å². The van der Waals surface area contributed by atoms with Gasteiger partial charge in [0.1, 0.15) is 5.69 Å². The molecule has 3 rings (SSSR count). The van der Waals surface area contributed by atoms with E-state index in [-0.39, 0.29) is 11.9 Å². The molecule has 1 amide bonds. The van der Waals surface area contributed by atoms with Gasteiger partial charge in [0.2, 0.25) is 0 Å². The summed E-state index contributed by atoms with van der Waals surface area (Å²) in [6, 6.07) is 17.5. The maximum Gasteiger partial charge on any atom is 0.272 e. The van der Waals surface area contributed by atoms with E-state index in [4.69, 9.17) is 0 Å². The highest BCUT2D eigenvalue weighted by atomic mass is 16.2. The largest absolute Gasteiger partial charge is 0.325 e. The van der Waals surface area contributed by atoms with Crippen LogP contribution in [0.4, 0.5) is 0 Å². The van der Waals surface area contributed by atoms with Gasteiger partial charge in [-0.1, -0.05) is 36.4 Å². The molecule has 128 valence electrons. The van der Waals surface area contributed by atoms with Gasteiger partial charge in [0, 0.05) is 13.2 Å². The van der Waals surface area contributed by atoms with Gasteiger partial charge in [-0.15, -0.1) is 0 Å². The number of hydrogen-bond donors (Lipinski definition) is 0. The molecule has 1 aromatic carbocycles. The topological polar surface area (TPSA) is 51.0 Å². The summed E-state index contributed by atoms with van der Waals surface area (Å²) in [6.45, 7) is 4.37. The van der Waals surface area contributed by atoms with Crippen LogP contribution >= 0.6 is 0 Å². The van der Waals surface area contributed by atoms with E-state index in [2.05, 4.69) is 10.1 Å². The fourth-order valence-electron chi connectivity index (χ4n) is 2.92. The normalized spacial score (nSPS) is 12.0. The molecule has 2 aromatic heterocycles. The van der Waals surface area contributed by atoms with Crippen LogP contribution in [-0.2, 0) is 13.6 Å². The zero-order valence-corrected chi connectivity index (χ0v) is 14.8. The lowest BCUT2D eigenvalue weighted by Crippen LogP contribution is -2.34. The van der Waals surface area contributed by atoms with Crippen molar-refractivity contribution in [1.29, 1.82) is 0 Å². The number of benzene rings is 1. The van der Waals surface area contributed by atoms with E-state index in [1.54, 1.807) is 17.9 Å². The molecule has 2 heterocycles. The first-order valence-corrected chi connectivity index (χ1v) is 8.32. The first kappa shape index (κ1) is 16.9. The van der Waals surface area contributed by atoms with Crippen molar-refractivity contribution >= 4 is 5.91 Å². The second-order valence-corrected chi connectivity index (χ2v) is 6.14. The maximum absolute atomic E-state index is 13.2. The van der Waals surface area contributed by atoms with Crippen LogP contribution in [0.15, 0.2) is 60.8 Å². The third kappa shape index (κ3) is 3.76. The lowest BCUT2D eigenvalue weighted by Gasteiger charge is -2.29. The lowest BCUT2D eigenvalue weighted by atomic mass is 10.1. The number of carbonyl (C=O) groups excluding carboxylic acids is 1. The Labute approximate surface area is 147 Å². The van der Waals surface area contributed by atoms with Crippen LogP contribution in [0.2, 0.25) is 0 Å². The summed E-state index contributed by atoms with van der Waals surface area (Å²) in [5, 5.41) is 4.31. The Morgan fingerprint density at radius 1 is 1.16 bits per heavy atom. The number of rotatable bonds is 5. The van der Waals surface area contributed by atoms with E-state index >= 15 is 0 Å². The zero-order chi connectivity index (χ0) is 17.8. The minimum atomic E-state index is -0.0779. The Morgan fingerprint density at radius 3 is 2.48 bits per heavy atom. The molecule has 0 aliphatic carbocycles. The van der Waals surface area contributed by atoms with Gasteiger partial charge in [-0.2, -0.15) is 5.10 Å². The van der Waals surface area contributed by atoms with Gasteiger partial charge in [0.15, 0.2) is 0 Å². The fourth-order valence-corrected chi connectivity index (χ4v) is 2.92. The van der Waals surface area contributed by atoms with E-state index in [0.29, 0.717) is 12.2 Å². The molecule has 3 aromatic rings. The molecule has 25 heavy (non-hydrogen) atoms. The number of nitrogens with zero attached hydrogens (tertiary/aromatic N) is 4. The average molecular weight is 334 g/mol. The molecule has 5 heteroatoms. The molecule has 1 atom stereocenters. The van der Waals surface area contributed by atoms with E-state index in [9.17, 15) is 4.79 Å². The summed E-state index contributed by atoms with van der Waals surface area (Å²) in [6.07, 6.45) is 1.75. The number of aryl methyl sites for hydroxylation is 2. The van der Waals surface area contributed by atoms with Crippen molar-refractivity contribution in [1.82, 2.24) is 19.7 Å². The van der Waals surface area contributed by atoms with Gasteiger partial charge in [0.25, 0.3) is 5.91 Å². The highest BCUT2D eigenvalue weighted by molar-refractivity contribution is 5.93. The third-order valence-electron chi connectivity index (χ3n) is 4.29. The van der Waals surface area contributed by atoms with Crippen LogP contribution in [0, 0.1) is 6.92 Å². The number of hydrogen-bond acceptors (Lipinski definition) is 3. The van der Waals surface area contributed by atoms with Crippen LogP contribution in [0.3, 0.4) is 0 Å². The quantitative estimate of drug-likeness (QED) is 0.717. The van der Waals surface area contributed by atoms with Crippen molar-refractivity contribution in [2.75, 3.05) is 0 Å². The molecule has 0 saturated heterocycles. The lowest BCUT2D eigenvalue weighted by molar-refractivity contribution is 0.0660. The highest BCUT2D eigenvalue weighted by Crippen LogP contribution is 2.24. The fraction of sp³-hybridized carbons (Fsp3) is 0.250. The van der Waals surface area contributed by atoms with E-state index in [1.807, 2.05) is 73.3 Å². The first-order chi connectivity index (χ1) is 12.1. The summed E-state index contributed by atoms with van der Waals surface area (Å²) in [7, 11) is 1.80. The third-order valence-corrected chi connectivity index (χ3v) is 4.29. The van der Waals surface area contributed by atoms with Gasteiger partial charge >= 0.3 is 0 Å². The molecule has 0 spiro atoms. The van der Waals surface area contributed by atoms with E-state index in [1.165, 1.54) is 0 Å². The molecule has 0 aliphatic rings. The summed E-state index contributed by atoms with van der Waals surface area (Å²) < 4.78 is 1.64. The Balaban J connectivity index is 1.96. The zero-order valence-electron chi connectivity index (χ0n) is 14.8. The standard InChI is InChI=1S/C20H22N4O/c1-15-13-19(23(3)22-15)20(25)24(14-18-11-7-8-12-21-18)16(2)17-9-5-4-6-10-17/h4-13,16H,14H2,1-3H3/t16-/m0/s1. The predicted molar refractivity (Wildman–Crippen MR) is 96.9 cm³/mol. The SMILES string of the molecule is Cc1cc(C(=O)N(Cc2ccccn2)[C@@H](C)c2ccccc2)n(C)n1. The van der Waals surface area contributed by atoms with E-state index < -0.39 is 0 Å². The Hall–Kier alpha value is -2.95.